The zero-order valence-corrected chi connectivity index (χ0v) is 9.05. The maximum Gasteiger partial charge on any atom is 0.411 e. The molecule has 88 valence electrons. The number of anilines is 1. The van der Waals surface area contributed by atoms with E-state index in [4.69, 9.17) is 10.2 Å². The third-order valence-electron chi connectivity index (χ3n) is 2.07. The van der Waals surface area contributed by atoms with E-state index in [1.807, 2.05) is 0 Å². The number of carbonyl (C=O) groups is 1. The first-order valence-corrected chi connectivity index (χ1v) is 4.87. The Morgan fingerprint density at radius 3 is 2.94 bits per heavy atom. The average Bonchev–Trinajstić information content (AvgIpc) is 2.29. The molecular formula is C10H15N3O3. The lowest BCUT2D eigenvalue weighted by atomic mass is 10.2. The van der Waals surface area contributed by atoms with Crippen molar-refractivity contribution in [2.45, 2.75) is 6.54 Å². The summed E-state index contributed by atoms with van der Waals surface area (Å²) in [5.41, 5.74) is 1.40. The molecule has 3 N–H and O–H groups in total. The van der Waals surface area contributed by atoms with Crippen LogP contribution in [0.1, 0.15) is 5.56 Å². The summed E-state index contributed by atoms with van der Waals surface area (Å²) >= 11 is 0. The van der Waals surface area contributed by atoms with Crippen LogP contribution >= 0.6 is 0 Å². The highest BCUT2D eigenvalue weighted by Gasteiger charge is 2.08. The maximum atomic E-state index is 10.7. The SMILES string of the molecule is CN(C(=O)O)c1cncc(CNCCO)c1. The summed E-state index contributed by atoms with van der Waals surface area (Å²) in [4.78, 5) is 15.8. The quantitative estimate of drug-likeness (QED) is 0.626. The van der Waals surface area contributed by atoms with Gasteiger partial charge in [-0.1, -0.05) is 0 Å². The number of amides is 1. The first-order chi connectivity index (χ1) is 7.65. The van der Waals surface area contributed by atoms with Gasteiger partial charge in [0.15, 0.2) is 0 Å². The van der Waals surface area contributed by atoms with E-state index in [2.05, 4.69) is 10.3 Å². The number of hydrogen-bond acceptors (Lipinski definition) is 4. The van der Waals surface area contributed by atoms with E-state index in [-0.39, 0.29) is 6.61 Å². The number of aromatic nitrogens is 1. The van der Waals surface area contributed by atoms with Gasteiger partial charge in [0.05, 0.1) is 18.5 Å². The predicted molar refractivity (Wildman–Crippen MR) is 59.5 cm³/mol. The topological polar surface area (TPSA) is 85.7 Å². The van der Waals surface area contributed by atoms with Gasteiger partial charge in [-0.25, -0.2) is 4.79 Å². The molecule has 1 rings (SSSR count). The number of pyridine rings is 1. The van der Waals surface area contributed by atoms with Gasteiger partial charge in [-0.2, -0.15) is 0 Å². The molecule has 0 fully saturated rings. The van der Waals surface area contributed by atoms with Crippen molar-refractivity contribution in [1.82, 2.24) is 10.3 Å². The molecule has 0 radical (unpaired) electrons. The minimum absolute atomic E-state index is 0.0716. The van der Waals surface area contributed by atoms with Crippen molar-refractivity contribution in [2.75, 3.05) is 25.1 Å². The Labute approximate surface area is 93.5 Å². The van der Waals surface area contributed by atoms with Gasteiger partial charge in [0.2, 0.25) is 0 Å². The minimum atomic E-state index is -1.03. The summed E-state index contributed by atoms with van der Waals surface area (Å²) in [6.07, 6.45) is 2.12. The second-order valence-electron chi connectivity index (χ2n) is 3.29. The van der Waals surface area contributed by atoms with E-state index >= 15 is 0 Å². The highest BCUT2D eigenvalue weighted by atomic mass is 16.4. The molecule has 0 spiro atoms. The number of carboxylic acid groups (broad SMARTS) is 1. The molecule has 1 aromatic heterocycles. The predicted octanol–water partition coefficient (Wildman–Crippen LogP) is 0.278. The lowest BCUT2D eigenvalue weighted by molar-refractivity contribution is 0.203. The number of aliphatic hydroxyl groups is 1. The van der Waals surface area contributed by atoms with Crippen molar-refractivity contribution in [2.24, 2.45) is 0 Å². The van der Waals surface area contributed by atoms with E-state index in [0.717, 1.165) is 10.5 Å². The molecule has 0 bridgehead atoms. The summed E-state index contributed by atoms with van der Waals surface area (Å²) in [7, 11) is 1.46. The highest BCUT2D eigenvalue weighted by molar-refractivity contribution is 5.85. The molecule has 1 heterocycles. The van der Waals surface area contributed by atoms with E-state index in [1.54, 1.807) is 12.3 Å². The van der Waals surface area contributed by atoms with Crippen LogP contribution in [0.5, 0.6) is 0 Å². The standard InChI is InChI=1S/C10H15N3O3/c1-13(10(15)16)9-4-8(6-12-7-9)5-11-2-3-14/h4,6-7,11,14H,2-3,5H2,1H3,(H,15,16). The van der Waals surface area contributed by atoms with Crippen molar-refractivity contribution in [3.63, 3.8) is 0 Å². The van der Waals surface area contributed by atoms with E-state index in [9.17, 15) is 4.79 Å². The summed E-state index contributed by atoms with van der Waals surface area (Å²) in [5, 5.41) is 20.4. The number of aliphatic hydroxyl groups excluding tert-OH is 1. The number of rotatable bonds is 5. The van der Waals surface area contributed by atoms with Gasteiger partial charge in [-0.3, -0.25) is 9.88 Å². The Balaban J connectivity index is 2.67. The molecule has 16 heavy (non-hydrogen) atoms. The lowest BCUT2D eigenvalue weighted by Gasteiger charge is -2.13. The van der Waals surface area contributed by atoms with Crippen molar-refractivity contribution in [1.29, 1.82) is 0 Å². The summed E-state index contributed by atoms with van der Waals surface area (Å²) < 4.78 is 0. The Morgan fingerprint density at radius 1 is 1.56 bits per heavy atom. The van der Waals surface area contributed by atoms with E-state index in [1.165, 1.54) is 13.2 Å². The fraction of sp³-hybridized carbons (Fsp3) is 0.400. The second-order valence-corrected chi connectivity index (χ2v) is 3.29. The first-order valence-electron chi connectivity index (χ1n) is 4.87. The van der Waals surface area contributed by atoms with Gasteiger partial charge < -0.3 is 15.5 Å². The van der Waals surface area contributed by atoms with Crippen LogP contribution in [0.4, 0.5) is 10.5 Å². The van der Waals surface area contributed by atoms with Crippen molar-refractivity contribution >= 4 is 11.8 Å². The molecule has 0 aliphatic rings. The van der Waals surface area contributed by atoms with Crippen LogP contribution in [0.3, 0.4) is 0 Å². The third kappa shape index (κ3) is 3.48. The van der Waals surface area contributed by atoms with Crippen LogP contribution in [0, 0.1) is 0 Å². The van der Waals surface area contributed by atoms with Crippen molar-refractivity contribution in [3.8, 4) is 0 Å². The molecule has 0 saturated heterocycles. The zero-order chi connectivity index (χ0) is 12.0. The molecular weight excluding hydrogens is 210 g/mol. The largest absolute Gasteiger partial charge is 0.465 e. The van der Waals surface area contributed by atoms with Crippen LogP contribution in [0.2, 0.25) is 0 Å². The minimum Gasteiger partial charge on any atom is -0.465 e. The molecule has 0 saturated carbocycles. The van der Waals surface area contributed by atoms with Crippen LogP contribution in [0.15, 0.2) is 18.5 Å². The molecule has 1 aromatic rings. The third-order valence-corrected chi connectivity index (χ3v) is 2.07. The number of nitrogens with zero attached hydrogens (tertiary/aromatic N) is 2. The molecule has 0 aromatic carbocycles. The van der Waals surface area contributed by atoms with Crippen LogP contribution < -0.4 is 10.2 Å². The summed E-state index contributed by atoms with van der Waals surface area (Å²) in [6, 6.07) is 1.74. The molecule has 6 heteroatoms. The zero-order valence-electron chi connectivity index (χ0n) is 9.05. The normalized spacial score (nSPS) is 10.1. The Bertz CT molecular complexity index is 357. The van der Waals surface area contributed by atoms with Crippen molar-refractivity contribution in [3.05, 3.63) is 24.0 Å². The smallest absolute Gasteiger partial charge is 0.411 e. The van der Waals surface area contributed by atoms with Gasteiger partial charge in [0.1, 0.15) is 0 Å². The van der Waals surface area contributed by atoms with E-state index < -0.39 is 6.09 Å². The van der Waals surface area contributed by atoms with E-state index in [0.29, 0.717) is 18.8 Å². The van der Waals surface area contributed by atoms with Gasteiger partial charge in [0, 0.05) is 26.3 Å². The maximum absolute atomic E-state index is 10.7. The van der Waals surface area contributed by atoms with Gasteiger partial charge >= 0.3 is 6.09 Å². The first kappa shape index (κ1) is 12.4. The molecule has 0 aliphatic carbocycles. The highest BCUT2D eigenvalue weighted by Crippen LogP contribution is 2.12. The van der Waals surface area contributed by atoms with Crippen LogP contribution in [-0.4, -0.2) is 41.5 Å². The van der Waals surface area contributed by atoms with Crippen LogP contribution in [0.25, 0.3) is 0 Å². The Morgan fingerprint density at radius 2 is 2.31 bits per heavy atom. The summed E-state index contributed by atoms with van der Waals surface area (Å²) in [5.74, 6) is 0. The molecule has 0 unspecified atom stereocenters. The second kappa shape index (κ2) is 6.04. The van der Waals surface area contributed by atoms with Gasteiger partial charge in [-0.15, -0.1) is 0 Å². The average molecular weight is 225 g/mol. The fourth-order valence-corrected chi connectivity index (χ4v) is 1.18. The number of hydrogen-bond donors (Lipinski definition) is 3. The summed E-state index contributed by atoms with van der Waals surface area (Å²) in [6.45, 7) is 1.12. The molecule has 0 aliphatic heterocycles. The van der Waals surface area contributed by atoms with Gasteiger partial charge in [-0.05, 0) is 11.6 Å². The molecule has 0 atom stereocenters. The molecule has 6 nitrogen and oxygen atoms in total. The molecule has 1 amide bonds. The lowest BCUT2D eigenvalue weighted by Crippen LogP contribution is -2.24. The monoisotopic (exact) mass is 225 g/mol. The van der Waals surface area contributed by atoms with Crippen LogP contribution in [-0.2, 0) is 6.54 Å². The van der Waals surface area contributed by atoms with Crippen molar-refractivity contribution < 1.29 is 15.0 Å². The van der Waals surface area contributed by atoms with Gasteiger partial charge in [0.25, 0.3) is 0 Å². The Hall–Kier alpha value is -1.66. The number of nitrogens with one attached hydrogen (secondary N) is 1. The Kier molecular flexibility index (Phi) is 4.68. The fourth-order valence-electron chi connectivity index (χ4n) is 1.18.